The highest BCUT2D eigenvalue weighted by Gasteiger charge is 2.34. The first-order valence-electron chi connectivity index (χ1n) is 9.40. The van der Waals surface area contributed by atoms with Gasteiger partial charge in [0.15, 0.2) is 5.96 Å². The Labute approximate surface area is 193 Å². The molecule has 0 atom stereocenters. The van der Waals surface area contributed by atoms with E-state index in [4.69, 9.17) is 4.74 Å². The van der Waals surface area contributed by atoms with Crippen molar-refractivity contribution in [2.45, 2.75) is 24.8 Å². The Kier molecular flexibility index (Phi) is 8.82. The fourth-order valence-electron chi connectivity index (χ4n) is 3.80. The van der Waals surface area contributed by atoms with Gasteiger partial charge in [-0.1, -0.05) is 30.3 Å². The lowest BCUT2D eigenvalue weighted by atomic mass is 9.74. The molecule has 2 aromatic rings. The molecule has 1 aromatic carbocycles. The van der Waals surface area contributed by atoms with E-state index in [2.05, 4.69) is 92.4 Å². The maximum absolute atomic E-state index is 5.65. The van der Waals surface area contributed by atoms with Gasteiger partial charge < -0.3 is 19.5 Å². The first-order valence-corrected chi connectivity index (χ1v) is 10.2. The standard InChI is InChI=1S/C21H29BrN4O.HI/c1-23-20(26(3)15-19-13-18(22)14-25(19)2)24-16-21(9-11-27-12-10-21)17-7-5-4-6-8-17;/h4-8,13-14H,9-12,15-16H2,1-3H3,(H,23,24);1H. The summed E-state index contributed by atoms with van der Waals surface area (Å²) in [6, 6.07) is 13.0. The van der Waals surface area contributed by atoms with Crippen LogP contribution >= 0.6 is 39.9 Å². The van der Waals surface area contributed by atoms with Gasteiger partial charge >= 0.3 is 0 Å². The molecule has 7 heteroatoms. The van der Waals surface area contributed by atoms with Gasteiger partial charge in [-0.05, 0) is 40.4 Å². The zero-order valence-corrected chi connectivity index (χ0v) is 20.7. The molecule has 1 aliphatic heterocycles. The van der Waals surface area contributed by atoms with E-state index in [0.717, 1.165) is 49.6 Å². The van der Waals surface area contributed by atoms with Crippen LogP contribution in [-0.4, -0.2) is 49.3 Å². The van der Waals surface area contributed by atoms with E-state index < -0.39 is 0 Å². The lowest BCUT2D eigenvalue weighted by Crippen LogP contribution is -2.48. The summed E-state index contributed by atoms with van der Waals surface area (Å²) >= 11 is 3.55. The van der Waals surface area contributed by atoms with Crippen molar-refractivity contribution < 1.29 is 4.74 Å². The van der Waals surface area contributed by atoms with E-state index >= 15 is 0 Å². The Morgan fingerprint density at radius 3 is 2.54 bits per heavy atom. The predicted molar refractivity (Wildman–Crippen MR) is 130 cm³/mol. The molecule has 0 amide bonds. The minimum Gasteiger partial charge on any atom is -0.381 e. The summed E-state index contributed by atoms with van der Waals surface area (Å²) in [4.78, 5) is 6.68. The van der Waals surface area contributed by atoms with Crippen LogP contribution in [0, 0.1) is 0 Å². The summed E-state index contributed by atoms with van der Waals surface area (Å²) in [5.74, 6) is 0.911. The molecule has 1 aromatic heterocycles. The average molecular weight is 561 g/mol. The van der Waals surface area contributed by atoms with Crippen LogP contribution in [0.1, 0.15) is 24.1 Å². The Hall–Kier alpha value is -1.06. The third kappa shape index (κ3) is 5.51. The summed E-state index contributed by atoms with van der Waals surface area (Å²) < 4.78 is 8.88. The molecule has 0 radical (unpaired) electrons. The fourth-order valence-corrected chi connectivity index (χ4v) is 4.37. The Balaban J connectivity index is 0.00000280. The van der Waals surface area contributed by atoms with Crippen molar-refractivity contribution in [1.29, 1.82) is 0 Å². The average Bonchev–Trinajstić information content (AvgIpc) is 3.00. The van der Waals surface area contributed by atoms with Crippen LogP contribution in [0.15, 0.2) is 52.1 Å². The number of nitrogens with zero attached hydrogens (tertiary/aromatic N) is 3. The van der Waals surface area contributed by atoms with Crippen molar-refractivity contribution in [3.05, 3.63) is 58.3 Å². The molecule has 0 aliphatic carbocycles. The molecular formula is C21H30BrIN4O. The van der Waals surface area contributed by atoms with Crippen LogP contribution < -0.4 is 5.32 Å². The number of aromatic nitrogens is 1. The summed E-state index contributed by atoms with van der Waals surface area (Å²) in [5, 5.41) is 3.62. The molecule has 0 spiro atoms. The van der Waals surface area contributed by atoms with E-state index in [9.17, 15) is 0 Å². The third-order valence-corrected chi connectivity index (χ3v) is 5.90. The van der Waals surface area contributed by atoms with Gasteiger partial charge in [-0.2, -0.15) is 0 Å². The number of aryl methyl sites for hydroxylation is 1. The largest absolute Gasteiger partial charge is 0.381 e. The van der Waals surface area contributed by atoms with E-state index in [-0.39, 0.29) is 29.4 Å². The van der Waals surface area contributed by atoms with Gasteiger partial charge in [-0.3, -0.25) is 4.99 Å². The molecule has 2 heterocycles. The van der Waals surface area contributed by atoms with Gasteiger partial charge in [-0.15, -0.1) is 24.0 Å². The zero-order valence-electron chi connectivity index (χ0n) is 16.8. The molecule has 0 unspecified atom stereocenters. The number of ether oxygens (including phenoxy) is 1. The number of rotatable bonds is 5. The van der Waals surface area contributed by atoms with E-state index in [1.807, 2.05) is 7.05 Å². The van der Waals surface area contributed by atoms with Gasteiger partial charge in [0.05, 0.1) is 6.54 Å². The number of nitrogens with one attached hydrogen (secondary N) is 1. The number of guanidine groups is 1. The Morgan fingerprint density at radius 1 is 1.29 bits per heavy atom. The van der Waals surface area contributed by atoms with Gasteiger partial charge in [-0.25, -0.2) is 0 Å². The number of halogens is 2. The van der Waals surface area contributed by atoms with Gasteiger partial charge in [0.1, 0.15) is 0 Å². The first-order chi connectivity index (χ1) is 13.0. The highest BCUT2D eigenvalue weighted by molar-refractivity contribution is 14.0. The molecule has 0 saturated carbocycles. The summed E-state index contributed by atoms with van der Waals surface area (Å²) in [6.45, 7) is 3.27. The van der Waals surface area contributed by atoms with E-state index in [1.54, 1.807) is 0 Å². The quantitative estimate of drug-likeness (QED) is 0.339. The van der Waals surface area contributed by atoms with E-state index in [1.165, 1.54) is 11.3 Å². The Morgan fingerprint density at radius 2 is 1.96 bits per heavy atom. The van der Waals surface area contributed by atoms with Crippen molar-refractivity contribution in [1.82, 2.24) is 14.8 Å². The SMILES string of the molecule is CN=C(NCC1(c2ccccc2)CCOCC1)N(C)Cc1cc(Br)cn1C.I. The molecule has 154 valence electrons. The van der Waals surface area contributed by atoms with Crippen LogP contribution in [0.25, 0.3) is 0 Å². The minimum atomic E-state index is 0. The van der Waals surface area contributed by atoms with Gasteiger partial charge in [0.25, 0.3) is 0 Å². The molecule has 1 fully saturated rings. The second-order valence-corrected chi connectivity index (χ2v) is 8.19. The molecule has 1 N–H and O–H groups in total. The summed E-state index contributed by atoms with van der Waals surface area (Å²) in [5.41, 5.74) is 2.70. The normalized spacial score (nSPS) is 16.4. The van der Waals surface area contributed by atoms with Crippen molar-refractivity contribution in [3.63, 3.8) is 0 Å². The fraction of sp³-hybridized carbons (Fsp3) is 0.476. The second kappa shape index (κ2) is 10.6. The highest BCUT2D eigenvalue weighted by atomic mass is 127. The predicted octanol–water partition coefficient (Wildman–Crippen LogP) is 4.16. The molecule has 28 heavy (non-hydrogen) atoms. The lowest BCUT2D eigenvalue weighted by molar-refractivity contribution is 0.0512. The maximum atomic E-state index is 5.65. The molecular weight excluding hydrogens is 531 g/mol. The number of aliphatic imine (C=N–C) groups is 1. The van der Waals surface area contributed by atoms with Crippen LogP contribution in [0.5, 0.6) is 0 Å². The van der Waals surface area contributed by atoms with Crippen LogP contribution in [-0.2, 0) is 23.7 Å². The third-order valence-electron chi connectivity index (χ3n) is 5.47. The smallest absolute Gasteiger partial charge is 0.193 e. The van der Waals surface area contributed by atoms with Gasteiger partial charge in [0, 0.05) is 62.7 Å². The van der Waals surface area contributed by atoms with Gasteiger partial charge in [0.2, 0.25) is 0 Å². The van der Waals surface area contributed by atoms with Crippen LogP contribution in [0.3, 0.4) is 0 Å². The Bertz CT molecular complexity index is 772. The monoisotopic (exact) mass is 560 g/mol. The number of hydrogen-bond acceptors (Lipinski definition) is 2. The molecule has 5 nitrogen and oxygen atoms in total. The number of hydrogen-bond donors (Lipinski definition) is 1. The van der Waals surface area contributed by atoms with Crippen LogP contribution in [0.2, 0.25) is 0 Å². The van der Waals surface area contributed by atoms with E-state index in [0.29, 0.717) is 0 Å². The molecule has 1 saturated heterocycles. The summed E-state index contributed by atoms with van der Waals surface area (Å²) in [7, 11) is 5.99. The van der Waals surface area contributed by atoms with Crippen molar-refractivity contribution >= 4 is 45.9 Å². The van der Waals surface area contributed by atoms with Crippen molar-refractivity contribution in [2.75, 3.05) is 33.9 Å². The minimum absolute atomic E-state index is 0. The maximum Gasteiger partial charge on any atom is 0.193 e. The first kappa shape index (κ1) is 23.2. The highest BCUT2D eigenvalue weighted by Crippen LogP contribution is 2.34. The summed E-state index contributed by atoms with van der Waals surface area (Å²) in [6.07, 6.45) is 4.12. The topological polar surface area (TPSA) is 41.8 Å². The second-order valence-electron chi connectivity index (χ2n) is 7.28. The lowest BCUT2D eigenvalue weighted by Gasteiger charge is -2.39. The molecule has 1 aliphatic rings. The zero-order chi connectivity index (χ0) is 19.3. The van der Waals surface area contributed by atoms with Crippen molar-refractivity contribution in [3.8, 4) is 0 Å². The molecule has 0 bridgehead atoms. The molecule has 3 rings (SSSR count). The number of benzene rings is 1. The van der Waals surface area contributed by atoms with Crippen molar-refractivity contribution in [2.24, 2.45) is 12.0 Å². The van der Waals surface area contributed by atoms with Crippen LogP contribution in [0.4, 0.5) is 0 Å².